The van der Waals surface area contributed by atoms with Crippen LogP contribution in [0.2, 0.25) is 0 Å². The second kappa shape index (κ2) is 8.90. The number of nitrogens with one attached hydrogen (secondary N) is 1. The van der Waals surface area contributed by atoms with Gasteiger partial charge in [0.2, 0.25) is 15.9 Å². The number of nitrogens with zero attached hydrogens (tertiary/aromatic N) is 3. The van der Waals surface area contributed by atoms with Gasteiger partial charge < -0.3 is 5.32 Å². The van der Waals surface area contributed by atoms with Gasteiger partial charge in [-0.3, -0.25) is 9.69 Å². The summed E-state index contributed by atoms with van der Waals surface area (Å²) in [5.41, 5.74) is 1.61. The number of sulfonamides is 1. The number of fused-ring (bicyclic) bond motifs is 1. The molecule has 2 aliphatic rings. The summed E-state index contributed by atoms with van der Waals surface area (Å²) in [6, 6.07) is 14.7. The SMILES string of the molecule is O=C(CN1CCC[C@H]1c1nc2ccccc2s1)Nc1ccc(S(=O)(=O)N2CCCC2)cc1. The highest BCUT2D eigenvalue weighted by molar-refractivity contribution is 7.89. The van der Waals surface area contributed by atoms with Crippen molar-refractivity contribution in [3.8, 4) is 0 Å². The fourth-order valence-electron chi connectivity index (χ4n) is 4.50. The van der Waals surface area contributed by atoms with Gasteiger partial charge in [0.1, 0.15) is 5.01 Å². The molecule has 2 aliphatic heterocycles. The molecule has 0 saturated carbocycles. The Hall–Kier alpha value is -2.33. The topological polar surface area (TPSA) is 82.6 Å². The molecule has 3 aromatic rings. The summed E-state index contributed by atoms with van der Waals surface area (Å²) in [7, 11) is -3.45. The van der Waals surface area contributed by atoms with Gasteiger partial charge in [0.05, 0.1) is 27.7 Å². The normalized spacial score (nSPS) is 20.2. The molecule has 0 unspecified atom stereocenters. The van der Waals surface area contributed by atoms with Gasteiger partial charge in [0.25, 0.3) is 0 Å². The lowest BCUT2D eigenvalue weighted by Gasteiger charge is -2.22. The predicted molar refractivity (Wildman–Crippen MR) is 126 cm³/mol. The van der Waals surface area contributed by atoms with Crippen LogP contribution in [0.15, 0.2) is 53.4 Å². The number of hydrogen-bond acceptors (Lipinski definition) is 6. The van der Waals surface area contributed by atoms with Crippen LogP contribution in [0.1, 0.15) is 36.7 Å². The zero-order valence-corrected chi connectivity index (χ0v) is 19.4. The van der Waals surface area contributed by atoms with Crippen LogP contribution in [-0.4, -0.2) is 54.7 Å². The van der Waals surface area contributed by atoms with Crippen molar-refractivity contribution in [3.63, 3.8) is 0 Å². The van der Waals surface area contributed by atoms with Gasteiger partial charge in [-0.1, -0.05) is 12.1 Å². The van der Waals surface area contributed by atoms with E-state index >= 15 is 0 Å². The van der Waals surface area contributed by atoms with Crippen LogP contribution < -0.4 is 5.32 Å². The molecule has 1 N–H and O–H groups in total. The Labute approximate surface area is 192 Å². The molecule has 9 heteroatoms. The zero-order valence-electron chi connectivity index (χ0n) is 17.7. The molecule has 2 aromatic carbocycles. The van der Waals surface area contributed by atoms with Crippen LogP contribution in [0.4, 0.5) is 5.69 Å². The maximum Gasteiger partial charge on any atom is 0.243 e. The standard InChI is InChI=1S/C23H26N4O3S2/c28-22(24-17-9-11-18(12-10-17)32(29,30)27-14-3-4-15-27)16-26-13-5-7-20(26)23-25-19-6-1-2-8-21(19)31-23/h1-2,6,8-12,20H,3-5,7,13-16H2,(H,24,28)/t20-/m0/s1. The van der Waals surface area contributed by atoms with Crippen molar-refractivity contribution in [2.45, 2.75) is 36.6 Å². The molecule has 1 atom stereocenters. The van der Waals surface area contributed by atoms with Crippen LogP contribution in [0.5, 0.6) is 0 Å². The third-order valence-corrected chi connectivity index (χ3v) is 9.20. The van der Waals surface area contributed by atoms with Gasteiger partial charge in [-0.25, -0.2) is 13.4 Å². The third-order valence-electron chi connectivity index (χ3n) is 6.15. The fourth-order valence-corrected chi connectivity index (χ4v) is 7.15. The monoisotopic (exact) mass is 470 g/mol. The van der Waals surface area contributed by atoms with E-state index in [9.17, 15) is 13.2 Å². The van der Waals surface area contributed by atoms with Gasteiger partial charge in [0.15, 0.2) is 0 Å². The van der Waals surface area contributed by atoms with Gasteiger partial charge in [-0.15, -0.1) is 11.3 Å². The molecule has 0 spiro atoms. The van der Waals surface area contributed by atoms with Gasteiger partial charge >= 0.3 is 0 Å². The van der Waals surface area contributed by atoms with Crippen molar-refractivity contribution in [1.29, 1.82) is 0 Å². The zero-order chi connectivity index (χ0) is 22.1. The van der Waals surface area contributed by atoms with E-state index in [0.29, 0.717) is 18.8 Å². The summed E-state index contributed by atoms with van der Waals surface area (Å²) in [6.07, 6.45) is 3.84. The molecule has 2 saturated heterocycles. The Morgan fingerprint density at radius 2 is 1.78 bits per heavy atom. The smallest absolute Gasteiger partial charge is 0.243 e. The molecule has 0 aliphatic carbocycles. The molecule has 1 amide bonds. The lowest BCUT2D eigenvalue weighted by atomic mass is 10.2. The lowest BCUT2D eigenvalue weighted by Crippen LogP contribution is -2.33. The second-order valence-electron chi connectivity index (χ2n) is 8.33. The number of amides is 1. The Bertz CT molecular complexity index is 1180. The number of hydrogen-bond donors (Lipinski definition) is 1. The summed E-state index contributed by atoms with van der Waals surface area (Å²) < 4.78 is 28.0. The molecule has 2 fully saturated rings. The van der Waals surface area contributed by atoms with Crippen molar-refractivity contribution >= 4 is 43.2 Å². The summed E-state index contributed by atoms with van der Waals surface area (Å²) >= 11 is 1.70. The first kappa shape index (κ1) is 21.5. The Morgan fingerprint density at radius 3 is 2.53 bits per heavy atom. The van der Waals surface area contributed by atoms with Crippen LogP contribution >= 0.6 is 11.3 Å². The lowest BCUT2D eigenvalue weighted by molar-refractivity contribution is -0.117. The number of aromatic nitrogens is 1. The predicted octanol–water partition coefficient (Wildman–Crippen LogP) is 3.86. The van der Waals surface area contributed by atoms with Crippen LogP contribution in [0.25, 0.3) is 10.2 Å². The van der Waals surface area contributed by atoms with Crippen molar-refractivity contribution in [2.75, 3.05) is 31.5 Å². The molecular weight excluding hydrogens is 444 g/mol. The van der Waals surface area contributed by atoms with E-state index in [4.69, 9.17) is 4.98 Å². The number of para-hydroxylation sites is 1. The average Bonchev–Trinajstić information content (AvgIpc) is 3.54. The van der Waals surface area contributed by atoms with Crippen molar-refractivity contribution in [3.05, 3.63) is 53.5 Å². The Morgan fingerprint density at radius 1 is 1.03 bits per heavy atom. The molecule has 32 heavy (non-hydrogen) atoms. The minimum absolute atomic E-state index is 0.104. The van der Waals surface area contributed by atoms with E-state index in [1.165, 1.54) is 9.01 Å². The van der Waals surface area contributed by atoms with E-state index in [2.05, 4.69) is 16.3 Å². The molecule has 7 nitrogen and oxygen atoms in total. The van der Waals surface area contributed by atoms with E-state index in [1.807, 2.05) is 18.2 Å². The first-order chi connectivity index (χ1) is 15.5. The number of benzene rings is 2. The molecule has 168 valence electrons. The Kier molecular flexibility index (Phi) is 5.98. The van der Waals surface area contributed by atoms with E-state index in [-0.39, 0.29) is 23.4 Å². The van der Waals surface area contributed by atoms with E-state index < -0.39 is 10.0 Å². The minimum atomic E-state index is -3.45. The largest absolute Gasteiger partial charge is 0.325 e. The fraction of sp³-hybridized carbons (Fsp3) is 0.391. The maximum atomic E-state index is 12.7. The number of carbonyl (C=O) groups excluding carboxylic acids is 1. The molecule has 1 aromatic heterocycles. The minimum Gasteiger partial charge on any atom is -0.325 e. The van der Waals surface area contributed by atoms with Crippen molar-refractivity contribution < 1.29 is 13.2 Å². The van der Waals surface area contributed by atoms with Crippen molar-refractivity contribution in [1.82, 2.24) is 14.2 Å². The molecule has 0 bridgehead atoms. The highest BCUT2D eigenvalue weighted by Gasteiger charge is 2.30. The summed E-state index contributed by atoms with van der Waals surface area (Å²) in [6.45, 7) is 2.30. The summed E-state index contributed by atoms with van der Waals surface area (Å²) in [5, 5.41) is 3.97. The summed E-state index contributed by atoms with van der Waals surface area (Å²) in [5.74, 6) is -0.104. The van der Waals surface area contributed by atoms with E-state index in [1.54, 1.807) is 35.6 Å². The molecule has 5 rings (SSSR count). The van der Waals surface area contributed by atoms with Crippen LogP contribution in [0.3, 0.4) is 0 Å². The molecular formula is C23H26N4O3S2. The average molecular weight is 471 g/mol. The van der Waals surface area contributed by atoms with Gasteiger partial charge in [0, 0.05) is 18.8 Å². The highest BCUT2D eigenvalue weighted by Crippen LogP contribution is 2.36. The molecule has 0 radical (unpaired) electrons. The van der Waals surface area contributed by atoms with Gasteiger partial charge in [-0.05, 0) is 68.6 Å². The Balaban J connectivity index is 1.23. The molecule has 3 heterocycles. The maximum absolute atomic E-state index is 12.7. The highest BCUT2D eigenvalue weighted by atomic mass is 32.2. The van der Waals surface area contributed by atoms with E-state index in [0.717, 1.165) is 42.8 Å². The van der Waals surface area contributed by atoms with Gasteiger partial charge in [-0.2, -0.15) is 4.31 Å². The number of thiazole rings is 1. The number of likely N-dealkylation sites (tertiary alicyclic amines) is 1. The van der Waals surface area contributed by atoms with Crippen LogP contribution in [0, 0.1) is 0 Å². The first-order valence-corrected chi connectivity index (χ1v) is 13.3. The number of rotatable bonds is 6. The summed E-state index contributed by atoms with van der Waals surface area (Å²) in [4.78, 5) is 19.9. The third kappa shape index (κ3) is 4.30. The quantitative estimate of drug-likeness (QED) is 0.592. The first-order valence-electron chi connectivity index (χ1n) is 11.0. The number of anilines is 1. The van der Waals surface area contributed by atoms with Crippen molar-refractivity contribution in [2.24, 2.45) is 0 Å². The number of carbonyl (C=O) groups is 1. The second-order valence-corrected chi connectivity index (χ2v) is 11.3. The van der Waals surface area contributed by atoms with Crippen LogP contribution in [-0.2, 0) is 14.8 Å².